The Hall–Kier alpha value is -2.41. The van der Waals surface area contributed by atoms with Gasteiger partial charge in [-0.1, -0.05) is 35.3 Å². The summed E-state index contributed by atoms with van der Waals surface area (Å²) in [5.41, 5.74) is 1.61. The molecular formula is C19H13Cl2N3O2S. The molecule has 0 saturated heterocycles. The van der Waals surface area contributed by atoms with Crippen molar-refractivity contribution in [2.24, 2.45) is 7.05 Å². The second-order valence-corrected chi connectivity index (χ2v) is 7.76. The van der Waals surface area contributed by atoms with E-state index in [0.29, 0.717) is 22.0 Å². The zero-order valence-corrected chi connectivity index (χ0v) is 16.5. The van der Waals surface area contributed by atoms with Crippen LogP contribution in [0.25, 0.3) is 10.2 Å². The summed E-state index contributed by atoms with van der Waals surface area (Å²) in [5.74, 6) is 0.0920. The predicted octanol–water partition coefficient (Wildman–Crippen LogP) is 5.15. The van der Waals surface area contributed by atoms with Crippen LogP contribution in [0, 0.1) is 0 Å². The second kappa shape index (κ2) is 7.31. The standard InChI is InChI=1S/C19H13Cl2N3O2S/c1-24-19(26-10-17-23-15-4-2-3-5-16(15)27-17)13(9-22-24)18(25)12-7-6-11(20)8-14(12)21/h2-9H,10H2,1H3. The molecule has 0 fully saturated rings. The fourth-order valence-electron chi connectivity index (χ4n) is 2.68. The molecule has 0 spiro atoms. The molecule has 5 nitrogen and oxygen atoms in total. The van der Waals surface area contributed by atoms with Gasteiger partial charge in [-0.3, -0.25) is 4.79 Å². The van der Waals surface area contributed by atoms with Crippen molar-refractivity contribution in [1.82, 2.24) is 14.8 Å². The monoisotopic (exact) mass is 417 g/mol. The van der Waals surface area contributed by atoms with Gasteiger partial charge >= 0.3 is 0 Å². The lowest BCUT2D eigenvalue weighted by atomic mass is 10.1. The molecule has 2 aromatic carbocycles. The minimum absolute atomic E-state index is 0.244. The zero-order chi connectivity index (χ0) is 19.0. The zero-order valence-electron chi connectivity index (χ0n) is 14.1. The van der Waals surface area contributed by atoms with E-state index in [1.54, 1.807) is 30.5 Å². The number of aryl methyl sites for hydroxylation is 1. The number of hydrogen-bond acceptors (Lipinski definition) is 5. The van der Waals surface area contributed by atoms with Crippen molar-refractivity contribution in [2.45, 2.75) is 6.61 Å². The average Bonchev–Trinajstić information content (AvgIpc) is 3.22. The Kier molecular flexibility index (Phi) is 4.86. The number of para-hydroxylation sites is 1. The summed E-state index contributed by atoms with van der Waals surface area (Å²) in [6.45, 7) is 0.244. The maximum atomic E-state index is 12.9. The third-order valence-electron chi connectivity index (χ3n) is 3.98. The van der Waals surface area contributed by atoms with Crippen molar-refractivity contribution >= 4 is 50.5 Å². The van der Waals surface area contributed by atoms with Crippen LogP contribution in [-0.2, 0) is 13.7 Å². The number of carbonyl (C=O) groups excluding carboxylic acids is 1. The second-order valence-electron chi connectivity index (χ2n) is 5.80. The van der Waals surface area contributed by atoms with Crippen LogP contribution >= 0.6 is 34.5 Å². The molecule has 8 heteroatoms. The highest BCUT2D eigenvalue weighted by molar-refractivity contribution is 7.18. The van der Waals surface area contributed by atoms with Gasteiger partial charge in [-0.05, 0) is 30.3 Å². The number of carbonyl (C=O) groups is 1. The van der Waals surface area contributed by atoms with Gasteiger partial charge in [0.1, 0.15) is 17.2 Å². The van der Waals surface area contributed by atoms with Gasteiger partial charge in [-0.25, -0.2) is 9.67 Å². The van der Waals surface area contributed by atoms with Gasteiger partial charge in [-0.15, -0.1) is 11.3 Å². The lowest BCUT2D eigenvalue weighted by Crippen LogP contribution is -2.07. The number of benzene rings is 2. The van der Waals surface area contributed by atoms with E-state index in [1.165, 1.54) is 16.9 Å². The van der Waals surface area contributed by atoms with Crippen LogP contribution in [-0.4, -0.2) is 20.5 Å². The Balaban J connectivity index is 1.60. The molecule has 4 aromatic rings. The molecule has 0 N–H and O–H groups in total. The highest BCUT2D eigenvalue weighted by Crippen LogP contribution is 2.28. The SMILES string of the molecule is Cn1ncc(C(=O)c2ccc(Cl)cc2Cl)c1OCc1nc2ccccc2s1. The third kappa shape index (κ3) is 3.56. The average molecular weight is 418 g/mol. The molecule has 0 aliphatic rings. The van der Waals surface area contributed by atoms with Crippen molar-refractivity contribution in [2.75, 3.05) is 0 Å². The van der Waals surface area contributed by atoms with E-state index >= 15 is 0 Å². The number of ketones is 1. The van der Waals surface area contributed by atoms with Crippen LogP contribution in [0.15, 0.2) is 48.7 Å². The molecule has 2 heterocycles. The number of fused-ring (bicyclic) bond motifs is 1. The number of ether oxygens (including phenoxy) is 1. The summed E-state index contributed by atoms with van der Waals surface area (Å²) >= 11 is 13.6. The summed E-state index contributed by atoms with van der Waals surface area (Å²) in [7, 11) is 1.72. The van der Waals surface area contributed by atoms with Gasteiger partial charge in [0.15, 0.2) is 0 Å². The summed E-state index contributed by atoms with van der Waals surface area (Å²) in [4.78, 5) is 17.4. The number of hydrogen-bond donors (Lipinski definition) is 0. The molecule has 0 bridgehead atoms. The minimum atomic E-state index is -0.274. The van der Waals surface area contributed by atoms with Crippen LogP contribution in [0.2, 0.25) is 10.0 Å². The van der Waals surface area contributed by atoms with Gasteiger partial charge in [0.2, 0.25) is 11.7 Å². The fraction of sp³-hybridized carbons (Fsp3) is 0.105. The van der Waals surface area contributed by atoms with E-state index < -0.39 is 0 Å². The van der Waals surface area contributed by atoms with Crippen molar-refractivity contribution in [3.8, 4) is 5.88 Å². The fourth-order valence-corrected chi connectivity index (χ4v) is 4.06. The first kappa shape index (κ1) is 18.0. The molecule has 0 atom stereocenters. The minimum Gasteiger partial charge on any atom is -0.470 e. The third-order valence-corrected chi connectivity index (χ3v) is 5.53. The van der Waals surface area contributed by atoms with Gasteiger partial charge in [0.05, 0.1) is 21.4 Å². The quantitative estimate of drug-likeness (QED) is 0.421. The number of nitrogens with zero attached hydrogens (tertiary/aromatic N) is 3. The highest BCUT2D eigenvalue weighted by Gasteiger charge is 2.22. The number of aromatic nitrogens is 3. The van der Waals surface area contributed by atoms with E-state index in [1.807, 2.05) is 24.3 Å². The molecular weight excluding hydrogens is 405 g/mol. The molecule has 0 radical (unpaired) electrons. The Morgan fingerprint density at radius 2 is 2.00 bits per heavy atom. The summed E-state index contributed by atoms with van der Waals surface area (Å²) in [5, 5.41) is 5.72. The molecule has 27 heavy (non-hydrogen) atoms. The van der Waals surface area contributed by atoms with Gasteiger partial charge in [-0.2, -0.15) is 5.10 Å². The normalized spacial score (nSPS) is 11.1. The predicted molar refractivity (Wildman–Crippen MR) is 107 cm³/mol. The maximum Gasteiger partial charge on any atom is 0.223 e. The van der Waals surface area contributed by atoms with Gasteiger partial charge < -0.3 is 4.74 Å². The molecule has 4 rings (SSSR count). The lowest BCUT2D eigenvalue weighted by molar-refractivity contribution is 0.103. The smallest absolute Gasteiger partial charge is 0.223 e. The highest BCUT2D eigenvalue weighted by atomic mass is 35.5. The van der Waals surface area contributed by atoms with Crippen LogP contribution in [0.4, 0.5) is 0 Å². The van der Waals surface area contributed by atoms with Crippen molar-refractivity contribution in [3.05, 3.63) is 74.8 Å². The van der Waals surface area contributed by atoms with E-state index in [2.05, 4.69) is 10.1 Å². The van der Waals surface area contributed by atoms with Gasteiger partial charge in [0.25, 0.3) is 0 Å². The molecule has 0 aliphatic heterocycles. The Morgan fingerprint density at radius 1 is 1.19 bits per heavy atom. The topological polar surface area (TPSA) is 57.0 Å². The van der Waals surface area contributed by atoms with E-state index in [-0.39, 0.29) is 17.4 Å². The number of thiazole rings is 1. The number of halogens is 2. The Morgan fingerprint density at radius 3 is 2.78 bits per heavy atom. The molecule has 0 saturated carbocycles. The van der Waals surface area contributed by atoms with E-state index in [4.69, 9.17) is 27.9 Å². The van der Waals surface area contributed by atoms with Crippen LogP contribution in [0.5, 0.6) is 5.88 Å². The van der Waals surface area contributed by atoms with Crippen molar-refractivity contribution < 1.29 is 9.53 Å². The first-order chi connectivity index (χ1) is 13.0. The maximum absolute atomic E-state index is 12.9. The molecule has 0 unspecified atom stereocenters. The number of rotatable bonds is 5. The first-order valence-corrected chi connectivity index (χ1v) is 9.59. The summed E-state index contributed by atoms with van der Waals surface area (Å²) < 4.78 is 8.49. The molecule has 0 aliphatic carbocycles. The van der Waals surface area contributed by atoms with Crippen LogP contribution in [0.3, 0.4) is 0 Å². The van der Waals surface area contributed by atoms with E-state index in [9.17, 15) is 4.79 Å². The van der Waals surface area contributed by atoms with Crippen LogP contribution in [0.1, 0.15) is 20.9 Å². The van der Waals surface area contributed by atoms with Crippen molar-refractivity contribution in [1.29, 1.82) is 0 Å². The van der Waals surface area contributed by atoms with Gasteiger partial charge in [0, 0.05) is 17.6 Å². The lowest BCUT2D eigenvalue weighted by Gasteiger charge is -2.08. The molecule has 136 valence electrons. The largest absolute Gasteiger partial charge is 0.470 e. The first-order valence-electron chi connectivity index (χ1n) is 8.02. The Labute approximate surface area is 169 Å². The molecule has 0 amide bonds. The summed E-state index contributed by atoms with van der Waals surface area (Å²) in [6.07, 6.45) is 1.47. The van der Waals surface area contributed by atoms with E-state index in [0.717, 1.165) is 15.2 Å². The summed E-state index contributed by atoms with van der Waals surface area (Å²) in [6, 6.07) is 12.6. The Bertz CT molecular complexity index is 1120. The molecule has 2 aromatic heterocycles. The van der Waals surface area contributed by atoms with Crippen molar-refractivity contribution in [3.63, 3.8) is 0 Å². The van der Waals surface area contributed by atoms with Crippen LogP contribution < -0.4 is 4.74 Å².